The van der Waals surface area contributed by atoms with Gasteiger partial charge in [0.25, 0.3) is 0 Å². The molecule has 2 aromatic carbocycles. The molecule has 1 saturated carbocycles. The third-order valence-electron chi connectivity index (χ3n) is 6.41. The Balaban J connectivity index is 0.000000338. The first kappa shape index (κ1) is 27.8. The third kappa shape index (κ3) is 7.60. The predicted molar refractivity (Wildman–Crippen MR) is 136 cm³/mol. The van der Waals surface area contributed by atoms with Gasteiger partial charge in [-0.3, -0.25) is 4.79 Å². The van der Waals surface area contributed by atoms with Crippen molar-refractivity contribution in [3.63, 3.8) is 0 Å². The molecule has 1 fully saturated rings. The van der Waals surface area contributed by atoms with Crippen LogP contribution in [0.1, 0.15) is 50.7 Å². The Kier molecular flexibility index (Phi) is 10.4. The minimum Gasteiger partial charge on any atom is -0.489 e. The summed E-state index contributed by atoms with van der Waals surface area (Å²) < 4.78 is 41.9. The monoisotopic (exact) mass is 522 g/mol. The first-order valence-electron chi connectivity index (χ1n) is 12.3. The van der Waals surface area contributed by atoms with Crippen LogP contribution in [0.15, 0.2) is 42.0 Å². The second kappa shape index (κ2) is 13.5. The first-order chi connectivity index (χ1) is 17.4. The number of carbonyl (C=O) groups is 1. The summed E-state index contributed by atoms with van der Waals surface area (Å²) in [5, 5.41) is 8.73. The molecule has 0 atom stereocenters. The van der Waals surface area contributed by atoms with Gasteiger partial charge in [0.05, 0.1) is 10.9 Å². The van der Waals surface area contributed by atoms with Crippen molar-refractivity contribution >= 4 is 23.6 Å². The molecule has 0 radical (unpaired) electrons. The predicted octanol–water partition coefficient (Wildman–Crippen LogP) is 7.30. The van der Waals surface area contributed by atoms with Crippen molar-refractivity contribution in [3.8, 4) is 17.2 Å². The molecule has 196 valence electrons. The lowest BCUT2D eigenvalue weighted by molar-refractivity contribution is -0.146. The Morgan fingerprint density at radius 1 is 1.17 bits per heavy atom. The Morgan fingerprint density at radius 3 is 2.53 bits per heavy atom. The van der Waals surface area contributed by atoms with Crippen LogP contribution in [-0.2, 0) is 11.4 Å². The number of alkyl halides is 2. The highest BCUT2D eigenvalue weighted by Crippen LogP contribution is 2.35. The standard InChI is InChI=1S/C21H21ClF2O3.C7H12O2/c1-2-14-7-16-4-5-17(9-21(16)26-12-14)25-13-15-3-6-20(19(22)8-15)27-18(10-23)11-24;1-2-5-3-6(4-5)7(8)9/h3-9,18H,2,10-13H2,1H3;5-6H,2-4H2,1H3,(H,8,9). The number of hydrogen-bond donors (Lipinski definition) is 1. The summed E-state index contributed by atoms with van der Waals surface area (Å²) in [6, 6.07) is 10.7. The van der Waals surface area contributed by atoms with E-state index in [0.29, 0.717) is 24.9 Å². The first-order valence-corrected chi connectivity index (χ1v) is 12.6. The highest BCUT2D eigenvalue weighted by atomic mass is 35.5. The van der Waals surface area contributed by atoms with Gasteiger partial charge in [-0.05, 0) is 66.7 Å². The molecule has 0 unspecified atom stereocenters. The molecule has 0 saturated heterocycles. The highest BCUT2D eigenvalue weighted by Gasteiger charge is 2.32. The summed E-state index contributed by atoms with van der Waals surface area (Å²) >= 11 is 6.14. The number of halogens is 3. The number of aliphatic carboxylic acids is 1. The fourth-order valence-corrected chi connectivity index (χ4v) is 4.18. The van der Waals surface area contributed by atoms with E-state index in [1.807, 2.05) is 18.2 Å². The summed E-state index contributed by atoms with van der Waals surface area (Å²) in [5.41, 5.74) is 3.12. The van der Waals surface area contributed by atoms with Gasteiger partial charge < -0.3 is 19.3 Å². The topological polar surface area (TPSA) is 65.0 Å². The highest BCUT2D eigenvalue weighted by molar-refractivity contribution is 6.32. The van der Waals surface area contributed by atoms with Gasteiger partial charge in [0.1, 0.15) is 43.8 Å². The van der Waals surface area contributed by atoms with E-state index >= 15 is 0 Å². The van der Waals surface area contributed by atoms with Crippen molar-refractivity contribution in [2.24, 2.45) is 11.8 Å². The molecular weight excluding hydrogens is 490 g/mol. The van der Waals surface area contributed by atoms with Gasteiger partial charge in [-0.25, -0.2) is 8.78 Å². The maximum atomic E-state index is 12.6. The molecule has 0 bridgehead atoms. The largest absolute Gasteiger partial charge is 0.489 e. The molecule has 1 N–H and O–H groups in total. The minimum atomic E-state index is -1.14. The van der Waals surface area contributed by atoms with Gasteiger partial charge in [-0.1, -0.05) is 37.9 Å². The van der Waals surface area contributed by atoms with Crippen molar-refractivity contribution < 1.29 is 32.9 Å². The SMILES string of the molecule is CCC1=Cc2ccc(OCc3ccc(OC(CF)CF)c(Cl)c3)cc2OC1.CCC1CC(C(=O)O)C1. The Labute approximate surface area is 216 Å². The van der Waals surface area contributed by atoms with Crippen LogP contribution in [0, 0.1) is 11.8 Å². The smallest absolute Gasteiger partial charge is 0.306 e. The van der Waals surface area contributed by atoms with Crippen molar-refractivity contribution in [3.05, 3.63) is 58.1 Å². The van der Waals surface area contributed by atoms with Crippen LogP contribution in [0.25, 0.3) is 6.08 Å². The number of carboxylic acids is 1. The van der Waals surface area contributed by atoms with E-state index < -0.39 is 25.4 Å². The van der Waals surface area contributed by atoms with Gasteiger partial charge in [-0.2, -0.15) is 0 Å². The summed E-state index contributed by atoms with van der Waals surface area (Å²) in [5.74, 6) is 1.81. The molecular formula is C28H33ClF2O5. The lowest BCUT2D eigenvalue weighted by Gasteiger charge is -2.31. The molecule has 1 heterocycles. The summed E-state index contributed by atoms with van der Waals surface area (Å²) in [6.07, 6.45) is 4.93. The molecule has 1 aliphatic heterocycles. The molecule has 1 aliphatic carbocycles. The number of hydrogen-bond acceptors (Lipinski definition) is 4. The zero-order valence-corrected chi connectivity index (χ0v) is 21.4. The van der Waals surface area contributed by atoms with Crippen LogP contribution in [0.3, 0.4) is 0 Å². The van der Waals surface area contributed by atoms with Crippen molar-refractivity contribution in [1.82, 2.24) is 0 Å². The molecule has 0 spiro atoms. The normalized spacial score (nSPS) is 18.1. The number of ether oxygens (including phenoxy) is 3. The van der Waals surface area contributed by atoms with Crippen LogP contribution >= 0.6 is 11.6 Å². The van der Waals surface area contributed by atoms with Gasteiger partial charge in [-0.15, -0.1) is 0 Å². The minimum absolute atomic E-state index is 0.0186. The van der Waals surface area contributed by atoms with Crippen LogP contribution in [0.4, 0.5) is 8.78 Å². The van der Waals surface area contributed by atoms with E-state index in [2.05, 4.69) is 19.9 Å². The van der Waals surface area contributed by atoms with Crippen molar-refractivity contribution in [1.29, 1.82) is 0 Å². The molecule has 4 rings (SSSR count). The summed E-state index contributed by atoms with van der Waals surface area (Å²) in [6.45, 7) is 3.30. The number of fused-ring (bicyclic) bond motifs is 1. The fraction of sp³-hybridized carbons (Fsp3) is 0.464. The molecule has 5 nitrogen and oxygen atoms in total. The van der Waals surface area contributed by atoms with E-state index in [1.54, 1.807) is 18.2 Å². The number of rotatable bonds is 10. The van der Waals surface area contributed by atoms with Crippen molar-refractivity contribution in [2.75, 3.05) is 20.0 Å². The zero-order valence-electron chi connectivity index (χ0n) is 20.6. The lowest BCUT2D eigenvalue weighted by Crippen LogP contribution is -2.29. The fourth-order valence-electron chi connectivity index (χ4n) is 3.94. The Hall–Kier alpha value is -2.80. The van der Waals surface area contributed by atoms with Gasteiger partial charge >= 0.3 is 5.97 Å². The van der Waals surface area contributed by atoms with E-state index in [1.165, 1.54) is 5.57 Å². The second-order valence-corrected chi connectivity index (χ2v) is 9.43. The maximum Gasteiger partial charge on any atom is 0.306 e. The average Bonchev–Trinajstić information content (AvgIpc) is 2.86. The van der Waals surface area contributed by atoms with Crippen LogP contribution in [0.2, 0.25) is 5.02 Å². The summed E-state index contributed by atoms with van der Waals surface area (Å²) in [4.78, 5) is 10.2. The Bertz CT molecular complexity index is 1050. The zero-order chi connectivity index (χ0) is 26.1. The van der Waals surface area contributed by atoms with Crippen molar-refractivity contribution in [2.45, 2.75) is 52.2 Å². The molecule has 0 amide bonds. The lowest BCUT2D eigenvalue weighted by atomic mass is 9.74. The van der Waals surface area contributed by atoms with Gasteiger partial charge in [0.2, 0.25) is 0 Å². The second-order valence-electron chi connectivity index (χ2n) is 9.03. The number of benzene rings is 2. The average molecular weight is 523 g/mol. The quantitative estimate of drug-likeness (QED) is 0.354. The molecule has 8 heteroatoms. The van der Waals surface area contributed by atoms with Crippen LogP contribution in [0.5, 0.6) is 17.2 Å². The third-order valence-corrected chi connectivity index (χ3v) is 6.71. The van der Waals surface area contributed by atoms with E-state index in [0.717, 1.165) is 42.6 Å². The molecule has 2 aromatic rings. The molecule has 36 heavy (non-hydrogen) atoms. The van der Waals surface area contributed by atoms with E-state index in [4.69, 9.17) is 30.9 Å². The van der Waals surface area contributed by atoms with Gasteiger partial charge in [0.15, 0.2) is 6.10 Å². The van der Waals surface area contributed by atoms with Crippen LogP contribution in [-0.4, -0.2) is 37.1 Å². The van der Waals surface area contributed by atoms with E-state index in [9.17, 15) is 13.6 Å². The molecule has 2 aliphatic rings. The number of carboxylic acid groups (broad SMARTS) is 1. The van der Waals surface area contributed by atoms with E-state index in [-0.39, 0.29) is 16.7 Å². The summed E-state index contributed by atoms with van der Waals surface area (Å²) in [7, 11) is 0. The Morgan fingerprint density at radius 2 is 1.92 bits per heavy atom. The van der Waals surface area contributed by atoms with Crippen LogP contribution < -0.4 is 14.2 Å². The molecule has 0 aromatic heterocycles. The maximum absolute atomic E-state index is 12.6. The van der Waals surface area contributed by atoms with Gasteiger partial charge in [0, 0.05) is 11.6 Å².